The maximum atomic E-state index is 12.2. The molecule has 1 aromatic rings. The summed E-state index contributed by atoms with van der Waals surface area (Å²) in [6, 6.07) is 8.79. The van der Waals surface area contributed by atoms with Gasteiger partial charge in [-0.25, -0.2) is 0 Å². The van der Waals surface area contributed by atoms with E-state index in [4.69, 9.17) is 4.74 Å². The third-order valence-corrected chi connectivity index (χ3v) is 5.09. The normalized spacial score (nSPS) is 13.9. The lowest BCUT2D eigenvalue weighted by atomic mass is 10.2. The van der Waals surface area contributed by atoms with Crippen molar-refractivity contribution in [3.63, 3.8) is 0 Å². The molecule has 0 fully saturated rings. The van der Waals surface area contributed by atoms with Crippen LogP contribution in [0.2, 0.25) is 0 Å². The molecular weight excluding hydrogens is 493 g/mol. The first-order chi connectivity index (χ1) is 13.9. The second-order valence-corrected chi connectivity index (χ2v) is 7.86. The van der Waals surface area contributed by atoms with Crippen LogP contribution in [0.3, 0.4) is 0 Å². The largest absolute Gasteiger partial charge is 0.482 e. The molecule has 0 spiro atoms. The SMILES string of the molecule is CN=C(NCCCN1C(=O)COc2ccccc21)NCCCN(C(C)C)C(C)C.I. The van der Waals surface area contributed by atoms with E-state index in [9.17, 15) is 4.79 Å². The second kappa shape index (κ2) is 13.7. The maximum absolute atomic E-state index is 12.2. The molecule has 0 aromatic heterocycles. The molecule has 0 saturated carbocycles. The number of para-hydroxylation sites is 2. The van der Waals surface area contributed by atoms with Crippen LogP contribution in [0.4, 0.5) is 5.69 Å². The summed E-state index contributed by atoms with van der Waals surface area (Å²) in [6.07, 6.45) is 1.89. The molecular formula is C22H38IN5O2. The molecule has 2 N–H and O–H groups in total. The highest BCUT2D eigenvalue weighted by atomic mass is 127. The molecule has 0 bridgehead atoms. The lowest BCUT2D eigenvalue weighted by Gasteiger charge is -2.30. The lowest BCUT2D eigenvalue weighted by molar-refractivity contribution is -0.121. The van der Waals surface area contributed by atoms with Crippen molar-refractivity contribution in [3.05, 3.63) is 24.3 Å². The average Bonchev–Trinajstić information content (AvgIpc) is 2.70. The van der Waals surface area contributed by atoms with Gasteiger partial charge in [-0.15, -0.1) is 24.0 Å². The Kier molecular flexibility index (Phi) is 12.1. The van der Waals surface area contributed by atoms with Gasteiger partial charge >= 0.3 is 0 Å². The summed E-state index contributed by atoms with van der Waals surface area (Å²) >= 11 is 0. The van der Waals surface area contributed by atoms with Crippen LogP contribution in [0.15, 0.2) is 29.3 Å². The lowest BCUT2D eigenvalue weighted by Crippen LogP contribution is -2.43. The number of rotatable bonds is 10. The first kappa shape index (κ1) is 26.5. The maximum Gasteiger partial charge on any atom is 0.265 e. The number of benzene rings is 1. The molecule has 1 heterocycles. The van der Waals surface area contributed by atoms with E-state index in [1.54, 1.807) is 7.05 Å². The molecule has 7 nitrogen and oxygen atoms in total. The molecule has 2 rings (SSSR count). The number of ether oxygens (including phenoxy) is 1. The molecule has 1 amide bonds. The molecule has 0 saturated heterocycles. The van der Waals surface area contributed by atoms with Gasteiger partial charge in [0, 0.05) is 45.3 Å². The molecule has 30 heavy (non-hydrogen) atoms. The fourth-order valence-corrected chi connectivity index (χ4v) is 3.64. The van der Waals surface area contributed by atoms with Gasteiger partial charge in [-0.05, 0) is 52.7 Å². The van der Waals surface area contributed by atoms with Crippen molar-refractivity contribution in [2.75, 3.05) is 44.7 Å². The minimum absolute atomic E-state index is 0. The number of carbonyl (C=O) groups is 1. The number of halogens is 1. The monoisotopic (exact) mass is 531 g/mol. The highest BCUT2D eigenvalue weighted by Gasteiger charge is 2.24. The van der Waals surface area contributed by atoms with Gasteiger partial charge < -0.3 is 20.3 Å². The van der Waals surface area contributed by atoms with Crippen LogP contribution in [0.25, 0.3) is 0 Å². The third-order valence-electron chi connectivity index (χ3n) is 5.09. The van der Waals surface area contributed by atoms with Gasteiger partial charge in [0.25, 0.3) is 5.91 Å². The summed E-state index contributed by atoms with van der Waals surface area (Å²) < 4.78 is 5.49. The molecule has 1 aliphatic rings. The Morgan fingerprint density at radius 1 is 1.13 bits per heavy atom. The van der Waals surface area contributed by atoms with Gasteiger partial charge in [-0.2, -0.15) is 0 Å². The van der Waals surface area contributed by atoms with E-state index in [2.05, 4.69) is 48.2 Å². The van der Waals surface area contributed by atoms with E-state index >= 15 is 0 Å². The van der Waals surface area contributed by atoms with Crippen molar-refractivity contribution >= 4 is 41.5 Å². The summed E-state index contributed by atoms with van der Waals surface area (Å²) in [5.41, 5.74) is 0.853. The number of guanidine groups is 1. The molecule has 0 unspecified atom stereocenters. The number of hydrogen-bond donors (Lipinski definition) is 2. The first-order valence-electron chi connectivity index (χ1n) is 10.7. The fourth-order valence-electron chi connectivity index (χ4n) is 3.64. The quantitative estimate of drug-likeness (QED) is 0.210. The van der Waals surface area contributed by atoms with Crippen molar-refractivity contribution < 1.29 is 9.53 Å². The van der Waals surface area contributed by atoms with Crippen LogP contribution in [0.5, 0.6) is 5.75 Å². The van der Waals surface area contributed by atoms with Gasteiger partial charge in [-0.3, -0.25) is 14.7 Å². The Hall–Kier alpha value is -1.55. The molecule has 0 radical (unpaired) electrons. The topological polar surface area (TPSA) is 69.2 Å². The molecule has 170 valence electrons. The smallest absolute Gasteiger partial charge is 0.265 e. The predicted octanol–water partition coefficient (Wildman–Crippen LogP) is 3.09. The van der Waals surface area contributed by atoms with Gasteiger partial charge in [0.15, 0.2) is 12.6 Å². The number of hydrogen-bond acceptors (Lipinski definition) is 4. The zero-order chi connectivity index (χ0) is 21.2. The van der Waals surface area contributed by atoms with E-state index in [1.165, 1.54) is 0 Å². The summed E-state index contributed by atoms with van der Waals surface area (Å²) in [4.78, 5) is 20.8. The number of nitrogens with zero attached hydrogens (tertiary/aromatic N) is 3. The van der Waals surface area contributed by atoms with Crippen molar-refractivity contribution in [1.82, 2.24) is 15.5 Å². The summed E-state index contributed by atoms with van der Waals surface area (Å²) in [5.74, 6) is 1.58. The van der Waals surface area contributed by atoms with Crippen molar-refractivity contribution in [1.29, 1.82) is 0 Å². The van der Waals surface area contributed by atoms with Crippen LogP contribution >= 0.6 is 24.0 Å². The van der Waals surface area contributed by atoms with E-state index < -0.39 is 0 Å². The number of anilines is 1. The van der Waals surface area contributed by atoms with Gasteiger partial charge in [0.05, 0.1) is 5.69 Å². The Balaban J connectivity index is 0.00000450. The Morgan fingerprint density at radius 2 is 1.77 bits per heavy atom. The molecule has 1 aliphatic heterocycles. The van der Waals surface area contributed by atoms with Crippen LogP contribution < -0.4 is 20.3 Å². The molecule has 0 atom stereocenters. The van der Waals surface area contributed by atoms with E-state index in [1.807, 2.05) is 29.2 Å². The van der Waals surface area contributed by atoms with E-state index in [0.29, 0.717) is 18.6 Å². The first-order valence-corrected chi connectivity index (χ1v) is 10.7. The average molecular weight is 531 g/mol. The standard InChI is InChI=1S/C22H37N5O2.HI/c1-17(2)26(18(3)4)14-8-12-24-22(23-5)25-13-9-15-27-19-10-6-7-11-20(19)29-16-21(27)28;/h6-7,10-11,17-18H,8-9,12-16H2,1-5H3,(H2,23,24,25);1H. The van der Waals surface area contributed by atoms with Crippen molar-refractivity contribution in [2.24, 2.45) is 4.99 Å². The molecule has 1 aromatic carbocycles. The number of aliphatic imine (C=N–C) groups is 1. The predicted molar refractivity (Wildman–Crippen MR) is 135 cm³/mol. The summed E-state index contributed by atoms with van der Waals surface area (Å²) in [7, 11) is 1.78. The molecule has 0 aliphatic carbocycles. The summed E-state index contributed by atoms with van der Waals surface area (Å²) in [6.45, 7) is 12.4. The minimum Gasteiger partial charge on any atom is -0.482 e. The number of carbonyl (C=O) groups excluding carboxylic acids is 1. The molecule has 8 heteroatoms. The van der Waals surface area contributed by atoms with E-state index in [0.717, 1.165) is 49.9 Å². The highest BCUT2D eigenvalue weighted by Crippen LogP contribution is 2.31. The number of amides is 1. The second-order valence-electron chi connectivity index (χ2n) is 7.86. The minimum atomic E-state index is 0. The van der Waals surface area contributed by atoms with Crippen LogP contribution in [0.1, 0.15) is 40.5 Å². The Labute approximate surface area is 198 Å². The Bertz CT molecular complexity index is 673. The zero-order valence-electron chi connectivity index (χ0n) is 19.0. The van der Waals surface area contributed by atoms with Crippen molar-refractivity contribution in [2.45, 2.75) is 52.6 Å². The van der Waals surface area contributed by atoms with Crippen LogP contribution in [-0.2, 0) is 4.79 Å². The number of nitrogens with one attached hydrogen (secondary N) is 2. The highest BCUT2D eigenvalue weighted by molar-refractivity contribution is 14.0. The van der Waals surface area contributed by atoms with Gasteiger partial charge in [0.1, 0.15) is 5.75 Å². The Morgan fingerprint density at radius 3 is 2.40 bits per heavy atom. The van der Waals surface area contributed by atoms with Crippen LogP contribution in [0, 0.1) is 0 Å². The third kappa shape index (κ3) is 7.94. The fraction of sp³-hybridized carbons (Fsp3) is 0.636. The van der Waals surface area contributed by atoms with Crippen LogP contribution in [-0.4, -0.2) is 68.7 Å². The summed E-state index contributed by atoms with van der Waals surface area (Å²) in [5, 5.41) is 6.71. The van der Waals surface area contributed by atoms with Gasteiger partial charge in [0.2, 0.25) is 0 Å². The zero-order valence-corrected chi connectivity index (χ0v) is 21.3. The van der Waals surface area contributed by atoms with E-state index in [-0.39, 0.29) is 36.5 Å². The number of fused-ring (bicyclic) bond motifs is 1. The van der Waals surface area contributed by atoms with Crippen molar-refractivity contribution in [3.8, 4) is 5.75 Å². The van der Waals surface area contributed by atoms with Gasteiger partial charge in [-0.1, -0.05) is 12.1 Å².